The van der Waals surface area contributed by atoms with E-state index in [2.05, 4.69) is 28.6 Å². The number of ether oxygens (including phenoxy) is 1. The fraction of sp³-hybridized carbons (Fsp3) is 0.455. The third-order valence-electron chi connectivity index (χ3n) is 5.16. The van der Waals surface area contributed by atoms with Crippen LogP contribution in [-0.4, -0.2) is 32.3 Å². The second-order valence-corrected chi connectivity index (χ2v) is 8.62. The second kappa shape index (κ2) is 8.14. The molecule has 1 fully saturated rings. The van der Waals surface area contributed by atoms with Crippen molar-refractivity contribution >= 4 is 28.6 Å². The van der Waals surface area contributed by atoms with E-state index in [1.165, 1.54) is 12.8 Å². The molecule has 0 bridgehead atoms. The topological polar surface area (TPSA) is 69.9 Å². The lowest BCUT2D eigenvalue weighted by Gasteiger charge is -2.14. The summed E-state index contributed by atoms with van der Waals surface area (Å²) in [5.41, 5.74) is 3.11. The average Bonchev–Trinajstić information content (AvgIpc) is 3.45. The Morgan fingerprint density at radius 3 is 2.72 bits per heavy atom. The largest absolute Gasteiger partial charge is 0.462 e. The van der Waals surface area contributed by atoms with Crippen LogP contribution in [0, 0.1) is 6.92 Å². The molecule has 2 aromatic heterocycles. The molecule has 1 aliphatic carbocycles. The van der Waals surface area contributed by atoms with E-state index in [-0.39, 0.29) is 5.97 Å². The molecule has 1 aromatic carbocycles. The number of carbonyl (C=O) groups is 1. The summed E-state index contributed by atoms with van der Waals surface area (Å²) in [7, 11) is 0. The van der Waals surface area contributed by atoms with Crippen LogP contribution < -0.4 is 0 Å². The number of carbonyl (C=O) groups excluding carboxylic acids is 1. The van der Waals surface area contributed by atoms with Crippen LogP contribution in [-0.2, 0) is 10.5 Å². The lowest BCUT2D eigenvalue weighted by atomic mass is 10.0. The minimum Gasteiger partial charge on any atom is -0.462 e. The van der Waals surface area contributed by atoms with Crippen molar-refractivity contribution in [1.29, 1.82) is 0 Å². The number of rotatable bonds is 7. The van der Waals surface area contributed by atoms with E-state index in [1.54, 1.807) is 11.8 Å². The summed E-state index contributed by atoms with van der Waals surface area (Å²) < 4.78 is 7.61. The zero-order valence-corrected chi connectivity index (χ0v) is 18.1. The molecule has 6 nitrogen and oxygen atoms in total. The molecule has 1 aliphatic rings. The van der Waals surface area contributed by atoms with E-state index in [0.29, 0.717) is 29.9 Å². The van der Waals surface area contributed by atoms with Gasteiger partial charge in [-0.3, -0.25) is 4.98 Å². The molecule has 0 atom stereocenters. The molecule has 29 heavy (non-hydrogen) atoms. The summed E-state index contributed by atoms with van der Waals surface area (Å²) in [4.78, 5) is 17.5. The molecule has 3 aromatic rings. The number of hydrogen-bond donors (Lipinski definition) is 0. The van der Waals surface area contributed by atoms with E-state index < -0.39 is 0 Å². The molecule has 0 N–H and O–H groups in total. The maximum atomic E-state index is 12.7. The first kappa shape index (κ1) is 19.9. The number of esters is 1. The summed E-state index contributed by atoms with van der Waals surface area (Å²) in [5.74, 6) is 1.59. The van der Waals surface area contributed by atoms with Gasteiger partial charge in [0.15, 0.2) is 5.16 Å². The Morgan fingerprint density at radius 1 is 1.28 bits per heavy atom. The number of aromatic nitrogens is 4. The van der Waals surface area contributed by atoms with E-state index in [9.17, 15) is 4.79 Å². The molecule has 0 aliphatic heterocycles. The van der Waals surface area contributed by atoms with E-state index in [4.69, 9.17) is 9.72 Å². The summed E-state index contributed by atoms with van der Waals surface area (Å²) >= 11 is 1.59. The van der Waals surface area contributed by atoms with E-state index >= 15 is 0 Å². The van der Waals surface area contributed by atoms with Gasteiger partial charge < -0.3 is 9.30 Å². The quantitative estimate of drug-likeness (QED) is 0.400. The highest BCUT2D eigenvalue weighted by Crippen LogP contribution is 2.40. The predicted octanol–water partition coefficient (Wildman–Crippen LogP) is 5.06. The standard InChI is InChI=1S/C22H26N4O2S/c1-5-28-21(27)19-14(4)16-8-6-7-9-17(16)23-18(19)12-29-22-25-24-20(13(2)3)26(22)15-10-11-15/h6-9,13,15H,5,10-12H2,1-4H3. The molecule has 0 saturated heterocycles. The fourth-order valence-electron chi connectivity index (χ4n) is 3.61. The van der Waals surface area contributed by atoms with Gasteiger partial charge in [-0.15, -0.1) is 10.2 Å². The van der Waals surface area contributed by atoms with Crippen molar-refractivity contribution in [3.63, 3.8) is 0 Å². The summed E-state index contributed by atoms with van der Waals surface area (Å²) in [5, 5.41) is 10.7. The maximum Gasteiger partial charge on any atom is 0.340 e. The Labute approximate surface area is 175 Å². The van der Waals surface area contributed by atoms with Gasteiger partial charge in [0.2, 0.25) is 0 Å². The Hall–Kier alpha value is -2.41. The predicted molar refractivity (Wildman–Crippen MR) is 114 cm³/mol. The highest BCUT2D eigenvalue weighted by Gasteiger charge is 2.31. The lowest BCUT2D eigenvalue weighted by Crippen LogP contribution is -2.12. The highest BCUT2D eigenvalue weighted by molar-refractivity contribution is 7.98. The first-order valence-electron chi connectivity index (χ1n) is 10.1. The molecular weight excluding hydrogens is 384 g/mol. The van der Waals surface area contributed by atoms with Gasteiger partial charge in [-0.1, -0.05) is 43.8 Å². The molecule has 4 rings (SSSR count). The number of para-hydroxylation sites is 1. The Balaban J connectivity index is 1.71. The molecule has 0 radical (unpaired) electrons. The smallest absolute Gasteiger partial charge is 0.340 e. The number of pyridine rings is 1. The van der Waals surface area contributed by atoms with Crippen LogP contribution in [0.2, 0.25) is 0 Å². The number of nitrogens with zero attached hydrogens (tertiary/aromatic N) is 4. The SMILES string of the molecule is CCOC(=O)c1c(CSc2nnc(C(C)C)n2C2CC2)nc2ccccc2c1C. The van der Waals surface area contributed by atoms with Crippen molar-refractivity contribution in [2.75, 3.05) is 6.61 Å². The second-order valence-electron chi connectivity index (χ2n) is 7.68. The monoisotopic (exact) mass is 410 g/mol. The molecule has 0 spiro atoms. The van der Waals surface area contributed by atoms with Gasteiger partial charge in [0, 0.05) is 23.1 Å². The van der Waals surface area contributed by atoms with Gasteiger partial charge in [0.1, 0.15) is 5.82 Å². The van der Waals surface area contributed by atoms with Gasteiger partial charge in [-0.25, -0.2) is 4.79 Å². The molecular formula is C22H26N4O2S. The van der Waals surface area contributed by atoms with Crippen LogP contribution in [0.25, 0.3) is 10.9 Å². The van der Waals surface area contributed by atoms with Crippen LogP contribution in [0.1, 0.15) is 73.0 Å². The van der Waals surface area contributed by atoms with E-state index in [0.717, 1.165) is 33.1 Å². The van der Waals surface area contributed by atoms with Crippen LogP contribution in [0.15, 0.2) is 29.4 Å². The van der Waals surface area contributed by atoms with Crippen molar-refractivity contribution in [3.8, 4) is 0 Å². The third-order valence-corrected chi connectivity index (χ3v) is 6.12. The molecule has 2 heterocycles. The first-order valence-corrected chi connectivity index (χ1v) is 11.1. The Morgan fingerprint density at radius 2 is 2.03 bits per heavy atom. The van der Waals surface area contributed by atoms with Gasteiger partial charge in [-0.2, -0.15) is 0 Å². The van der Waals surface area contributed by atoms with Crippen molar-refractivity contribution < 1.29 is 9.53 Å². The van der Waals surface area contributed by atoms with Gasteiger partial charge in [0.05, 0.1) is 23.4 Å². The summed E-state index contributed by atoms with van der Waals surface area (Å²) in [6, 6.07) is 8.41. The van der Waals surface area contributed by atoms with Crippen molar-refractivity contribution in [1.82, 2.24) is 19.7 Å². The molecule has 0 amide bonds. The van der Waals surface area contributed by atoms with Crippen LogP contribution in [0.5, 0.6) is 0 Å². The minimum absolute atomic E-state index is 0.314. The first-order chi connectivity index (χ1) is 14.0. The molecule has 152 valence electrons. The Kier molecular flexibility index (Phi) is 5.58. The summed E-state index contributed by atoms with van der Waals surface area (Å²) in [6.45, 7) is 8.41. The van der Waals surface area contributed by atoms with Crippen LogP contribution in [0.4, 0.5) is 0 Å². The molecule has 7 heteroatoms. The van der Waals surface area contributed by atoms with Gasteiger partial charge >= 0.3 is 5.97 Å². The molecule has 1 saturated carbocycles. The average molecular weight is 411 g/mol. The van der Waals surface area contributed by atoms with Crippen molar-refractivity contribution in [2.45, 2.75) is 63.4 Å². The van der Waals surface area contributed by atoms with Crippen molar-refractivity contribution in [2.24, 2.45) is 0 Å². The number of hydrogen-bond acceptors (Lipinski definition) is 6. The number of fused-ring (bicyclic) bond motifs is 1. The Bertz CT molecular complexity index is 1060. The zero-order chi connectivity index (χ0) is 20.5. The van der Waals surface area contributed by atoms with Crippen LogP contribution in [0.3, 0.4) is 0 Å². The third kappa shape index (κ3) is 3.88. The van der Waals surface area contributed by atoms with Gasteiger partial charge in [0.25, 0.3) is 0 Å². The summed E-state index contributed by atoms with van der Waals surface area (Å²) in [6.07, 6.45) is 2.35. The van der Waals surface area contributed by atoms with Crippen LogP contribution >= 0.6 is 11.8 Å². The molecule has 0 unspecified atom stereocenters. The highest BCUT2D eigenvalue weighted by atomic mass is 32.2. The minimum atomic E-state index is -0.314. The lowest BCUT2D eigenvalue weighted by molar-refractivity contribution is 0.0524. The zero-order valence-electron chi connectivity index (χ0n) is 17.3. The maximum absolute atomic E-state index is 12.7. The van der Waals surface area contributed by atoms with Crippen molar-refractivity contribution in [3.05, 3.63) is 46.9 Å². The normalized spacial score (nSPS) is 14.0. The number of benzene rings is 1. The number of aryl methyl sites for hydroxylation is 1. The number of thioether (sulfide) groups is 1. The fourth-order valence-corrected chi connectivity index (χ4v) is 4.56. The van der Waals surface area contributed by atoms with Gasteiger partial charge in [-0.05, 0) is 38.3 Å². The van der Waals surface area contributed by atoms with E-state index in [1.807, 2.05) is 38.1 Å².